The summed E-state index contributed by atoms with van der Waals surface area (Å²) in [6.45, 7) is 6.14. The van der Waals surface area contributed by atoms with Crippen LogP contribution in [0.1, 0.15) is 27.7 Å². The van der Waals surface area contributed by atoms with Gasteiger partial charge in [-0.2, -0.15) is 0 Å². The zero-order valence-electron chi connectivity index (χ0n) is 20.4. The average molecular weight is 474 g/mol. The van der Waals surface area contributed by atoms with Gasteiger partial charge in [0.25, 0.3) is 0 Å². The summed E-state index contributed by atoms with van der Waals surface area (Å²) in [5, 5.41) is 3.44. The number of nitrogens with one attached hydrogen (secondary N) is 1. The summed E-state index contributed by atoms with van der Waals surface area (Å²) in [5.74, 6) is 1.01. The molecule has 0 bridgehead atoms. The molecule has 0 atom stereocenters. The van der Waals surface area contributed by atoms with E-state index in [1.54, 1.807) is 0 Å². The smallest absolute Gasteiger partial charge is 0.141 e. The molecule has 0 aliphatic carbocycles. The summed E-state index contributed by atoms with van der Waals surface area (Å²) in [7, 11) is 0. The SMILES string of the molecule is C.CCCn1c(-c2ccccc2-c2cccc(NCC)c2)nc(-c2ccccc2)c1-c1ccccc1. The van der Waals surface area contributed by atoms with Gasteiger partial charge in [0.1, 0.15) is 5.82 Å². The van der Waals surface area contributed by atoms with E-state index >= 15 is 0 Å². The van der Waals surface area contributed by atoms with Crippen LogP contribution in [0.5, 0.6) is 0 Å². The van der Waals surface area contributed by atoms with E-state index in [-0.39, 0.29) is 7.43 Å². The van der Waals surface area contributed by atoms with Crippen LogP contribution in [-0.2, 0) is 6.54 Å². The van der Waals surface area contributed by atoms with Gasteiger partial charge in [-0.05, 0) is 36.6 Å². The Bertz CT molecular complexity index is 1400. The molecular formula is C33H35N3. The fourth-order valence-electron chi connectivity index (χ4n) is 4.72. The van der Waals surface area contributed by atoms with Crippen molar-refractivity contribution in [2.24, 2.45) is 0 Å². The Kier molecular flexibility index (Phi) is 8.02. The van der Waals surface area contributed by atoms with E-state index in [0.29, 0.717) is 0 Å². The number of benzene rings is 4. The van der Waals surface area contributed by atoms with E-state index in [2.05, 4.69) is 133 Å². The molecule has 0 spiro atoms. The lowest BCUT2D eigenvalue weighted by molar-refractivity contribution is 0.691. The van der Waals surface area contributed by atoms with Crippen LogP contribution < -0.4 is 5.32 Å². The Balaban J connectivity index is 0.00000304. The maximum atomic E-state index is 5.34. The van der Waals surface area contributed by atoms with Gasteiger partial charge in [0.05, 0.1) is 11.4 Å². The van der Waals surface area contributed by atoms with Crippen molar-refractivity contribution in [3.05, 3.63) is 109 Å². The summed E-state index contributed by atoms with van der Waals surface area (Å²) in [6.07, 6.45) is 1.02. The molecule has 5 rings (SSSR count). The summed E-state index contributed by atoms with van der Waals surface area (Å²) < 4.78 is 2.41. The van der Waals surface area contributed by atoms with Crippen LogP contribution in [-0.4, -0.2) is 16.1 Å². The molecule has 3 heteroatoms. The number of rotatable bonds is 8. The normalized spacial score (nSPS) is 10.6. The molecule has 0 saturated carbocycles. The first-order valence-electron chi connectivity index (χ1n) is 12.4. The third-order valence-corrected chi connectivity index (χ3v) is 6.23. The highest BCUT2D eigenvalue weighted by atomic mass is 15.1. The van der Waals surface area contributed by atoms with Crippen LogP contribution in [0, 0.1) is 0 Å². The average Bonchev–Trinajstić information content (AvgIpc) is 3.29. The molecule has 0 unspecified atom stereocenters. The lowest BCUT2D eigenvalue weighted by atomic mass is 9.98. The second-order valence-electron chi connectivity index (χ2n) is 8.67. The number of hydrogen-bond acceptors (Lipinski definition) is 2. The van der Waals surface area contributed by atoms with Crippen molar-refractivity contribution < 1.29 is 0 Å². The molecule has 0 radical (unpaired) electrons. The van der Waals surface area contributed by atoms with Gasteiger partial charge in [-0.1, -0.05) is 111 Å². The molecule has 1 heterocycles. The molecule has 4 aromatic carbocycles. The maximum absolute atomic E-state index is 5.34. The lowest BCUT2D eigenvalue weighted by Gasteiger charge is -2.15. The van der Waals surface area contributed by atoms with Gasteiger partial charge in [0, 0.05) is 35.5 Å². The van der Waals surface area contributed by atoms with Crippen molar-refractivity contribution in [1.29, 1.82) is 0 Å². The van der Waals surface area contributed by atoms with Gasteiger partial charge in [-0.15, -0.1) is 0 Å². The van der Waals surface area contributed by atoms with Gasteiger partial charge < -0.3 is 9.88 Å². The van der Waals surface area contributed by atoms with Crippen molar-refractivity contribution in [3.63, 3.8) is 0 Å². The first-order chi connectivity index (χ1) is 17.3. The Labute approximate surface area is 215 Å². The summed E-state index contributed by atoms with van der Waals surface area (Å²) in [5.41, 5.74) is 9.17. The molecule has 0 amide bonds. The molecule has 0 aliphatic rings. The van der Waals surface area contributed by atoms with Crippen LogP contribution in [0.2, 0.25) is 0 Å². The highest BCUT2D eigenvalue weighted by molar-refractivity contribution is 5.87. The molecule has 1 N–H and O–H groups in total. The van der Waals surface area contributed by atoms with Crippen LogP contribution in [0.4, 0.5) is 5.69 Å². The highest BCUT2D eigenvalue weighted by Gasteiger charge is 2.22. The second kappa shape index (κ2) is 11.5. The number of hydrogen-bond donors (Lipinski definition) is 1. The predicted octanol–water partition coefficient (Wildman–Crippen LogP) is 9.03. The Morgan fingerprint density at radius 2 is 1.28 bits per heavy atom. The summed E-state index contributed by atoms with van der Waals surface area (Å²) in [6, 6.07) is 38.5. The number of aromatic nitrogens is 2. The number of anilines is 1. The van der Waals surface area contributed by atoms with E-state index in [1.807, 2.05) is 0 Å². The molecule has 182 valence electrons. The highest BCUT2D eigenvalue weighted by Crippen LogP contribution is 2.39. The van der Waals surface area contributed by atoms with Gasteiger partial charge in [-0.3, -0.25) is 0 Å². The van der Waals surface area contributed by atoms with E-state index in [4.69, 9.17) is 4.98 Å². The Morgan fingerprint density at radius 3 is 1.94 bits per heavy atom. The minimum atomic E-state index is 0. The summed E-state index contributed by atoms with van der Waals surface area (Å²) >= 11 is 0. The third kappa shape index (κ3) is 4.96. The molecule has 36 heavy (non-hydrogen) atoms. The zero-order valence-corrected chi connectivity index (χ0v) is 20.4. The molecule has 0 aliphatic heterocycles. The first kappa shape index (κ1) is 25.0. The fourth-order valence-corrected chi connectivity index (χ4v) is 4.72. The molecule has 5 aromatic rings. The van der Waals surface area contributed by atoms with E-state index in [9.17, 15) is 0 Å². The van der Waals surface area contributed by atoms with Crippen LogP contribution in [0.25, 0.3) is 45.0 Å². The molecule has 3 nitrogen and oxygen atoms in total. The van der Waals surface area contributed by atoms with Crippen molar-refractivity contribution in [2.75, 3.05) is 11.9 Å². The predicted molar refractivity (Wildman–Crippen MR) is 155 cm³/mol. The number of imidazole rings is 1. The van der Waals surface area contributed by atoms with Gasteiger partial charge in [-0.25, -0.2) is 4.98 Å². The fraction of sp³-hybridized carbons (Fsp3) is 0.182. The first-order valence-corrected chi connectivity index (χ1v) is 12.4. The van der Waals surface area contributed by atoms with Crippen LogP contribution >= 0.6 is 0 Å². The quantitative estimate of drug-likeness (QED) is 0.244. The molecule has 0 fully saturated rings. The second-order valence-corrected chi connectivity index (χ2v) is 8.67. The maximum Gasteiger partial charge on any atom is 0.141 e. The van der Waals surface area contributed by atoms with Crippen molar-refractivity contribution in [1.82, 2.24) is 9.55 Å². The van der Waals surface area contributed by atoms with Crippen molar-refractivity contribution in [3.8, 4) is 45.0 Å². The Hall–Kier alpha value is -4.11. The minimum absolute atomic E-state index is 0. The standard InChI is InChI=1S/C32H31N3.CH4/c1-3-22-35-31(25-16-9-6-10-17-25)30(24-14-7-5-8-15-24)34-32(35)29-21-12-11-20-28(29)26-18-13-19-27(23-26)33-4-2;/h5-21,23,33H,3-4,22H2,1-2H3;1H4. The van der Waals surface area contributed by atoms with Crippen molar-refractivity contribution in [2.45, 2.75) is 34.2 Å². The lowest BCUT2D eigenvalue weighted by Crippen LogP contribution is -2.03. The largest absolute Gasteiger partial charge is 0.385 e. The van der Waals surface area contributed by atoms with E-state index in [0.717, 1.165) is 47.8 Å². The van der Waals surface area contributed by atoms with Gasteiger partial charge in [0.2, 0.25) is 0 Å². The topological polar surface area (TPSA) is 29.9 Å². The minimum Gasteiger partial charge on any atom is -0.385 e. The monoisotopic (exact) mass is 473 g/mol. The van der Waals surface area contributed by atoms with Gasteiger partial charge >= 0.3 is 0 Å². The molecular weight excluding hydrogens is 438 g/mol. The molecule has 0 saturated heterocycles. The number of nitrogens with zero attached hydrogens (tertiary/aromatic N) is 2. The van der Waals surface area contributed by atoms with Gasteiger partial charge in [0.15, 0.2) is 0 Å². The van der Waals surface area contributed by atoms with E-state index in [1.165, 1.54) is 22.4 Å². The van der Waals surface area contributed by atoms with Crippen molar-refractivity contribution >= 4 is 5.69 Å². The third-order valence-electron chi connectivity index (χ3n) is 6.23. The molecule has 1 aromatic heterocycles. The summed E-state index contributed by atoms with van der Waals surface area (Å²) in [4.78, 5) is 5.34. The Morgan fingerprint density at radius 1 is 0.667 bits per heavy atom. The van der Waals surface area contributed by atoms with Crippen LogP contribution in [0.15, 0.2) is 109 Å². The van der Waals surface area contributed by atoms with Crippen LogP contribution in [0.3, 0.4) is 0 Å². The van der Waals surface area contributed by atoms with E-state index < -0.39 is 0 Å². The zero-order chi connectivity index (χ0) is 24.0.